The average Bonchev–Trinajstić information content (AvgIpc) is 2.65. The molecule has 0 fully saturated rings. The normalized spacial score (nSPS) is 10.5. The molecule has 0 bridgehead atoms. The topological polar surface area (TPSA) is 67.4 Å². The van der Waals surface area contributed by atoms with Crippen LogP contribution in [0.25, 0.3) is 0 Å². The van der Waals surface area contributed by atoms with E-state index in [1.165, 1.54) is 5.56 Å². The Morgan fingerprint density at radius 2 is 1.81 bits per heavy atom. The summed E-state index contributed by atoms with van der Waals surface area (Å²) in [7, 11) is 1.58. The molecule has 0 radical (unpaired) electrons. The molecule has 26 heavy (non-hydrogen) atoms. The molecule has 2 amide bonds. The van der Waals surface area contributed by atoms with Crippen LogP contribution in [0.4, 0.5) is 5.69 Å². The van der Waals surface area contributed by atoms with Crippen molar-refractivity contribution < 1.29 is 14.3 Å². The van der Waals surface area contributed by atoms with Gasteiger partial charge >= 0.3 is 0 Å². The summed E-state index contributed by atoms with van der Waals surface area (Å²) in [6.45, 7) is 4.68. The zero-order chi connectivity index (χ0) is 18.9. The van der Waals surface area contributed by atoms with Gasteiger partial charge in [0, 0.05) is 24.2 Å². The fraction of sp³-hybridized carbons (Fsp3) is 0.333. The number of hydrogen-bond acceptors (Lipinski definition) is 3. The number of benzene rings is 2. The molecule has 0 atom stereocenters. The van der Waals surface area contributed by atoms with E-state index in [1.54, 1.807) is 31.4 Å². The lowest BCUT2D eigenvalue weighted by Crippen LogP contribution is -2.25. The summed E-state index contributed by atoms with van der Waals surface area (Å²) in [6, 6.07) is 14.8. The lowest BCUT2D eigenvalue weighted by molar-refractivity contribution is -0.116. The molecule has 5 heteroatoms. The summed E-state index contributed by atoms with van der Waals surface area (Å²) >= 11 is 0. The van der Waals surface area contributed by atoms with Crippen LogP contribution in [-0.4, -0.2) is 25.5 Å². The lowest BCUT2D eigenvalue weighted by atomic mass is 10.0. The number of hydrogen-bond donors (Lipinski definition) is 2. The molecular formula is C21H26N2O3. The van der Waals surface area contributed by atoms with Gasteiger partial charge in [0.2, 0.25) is 5.91 Å². The molecule has 138 valence electrons. The first-order valence-corrected chi connectivity index (χ1v) is 8.81. The smallest absolute Gasteiger partial charge is 0.251 e. The minimum absolute atomic E-state index is 0.0513. The second-order valence-corrected chi connectivity index (χ2v) is 6.42. The molecule has 0 aliphatic rings. The van der Waals surface area contributed by atoms with Crippen molar-refractivity contribution in [3.63, 3.8) is 0 Å². The Bertz CT molecular complexity index is 739. The monoisotopic (exact) mass is 354 g/mol. The second-order valence-electron chi connectivity index (χ2n) is 6.42. The summed E-state index contributed by atoms with van der Waals surface area (Å²) in [5.74, 6) is 0.919. The molecular weight excluding hydrogens is 328 g/mol. The Balaban J connectivity index is 1.72. The van der Waals surface area contributed by atoms with Gasteiger partial charge < -0.3 is 15.4 Å². The maximum atomic E-state index is 12.0. The lowest BCUT2D eigenvalue weighted by Gasteiger charge is -2.10. The number of anilines is 1. The van der Waals surface area contributed by atoms with Gasteiger partial charge in [-0.1, -0.05) is 26.0 Å². The number of carbonyl (C=O) groups excluding carboxylic acids is 2. The van der Waals surface area contributed by atoms with E-state index in [2.05, 4.69) is 30.5 Å². The fourth-order valence-electron chi connectivity index (χ4n) is 2.49. The third-order valence-electron chi connectivity index (χ3n) is 4.06. The van der Waals surface area contributed by atoms with Gasteiger partial charge in [-0.05, 0) is 54.3 Å². The average molecular weight is 354 g/mol. The van der Waals surface area contributed by atoms with Gasteiger partial charge in [-0.25, -0.2) is 0 Å². The van der Waals surface area contributed by atoms with Crippen LogP contribution < -0.4 is 15.4 Å². The van der Waals surface area contributed by atoms with Crippen LogP contribution in [-0.2, 0) is 4.79 Å². The Kier molecular flexibility index (Phi) is 7.21. The third kappa shape index (κ3) is 5.92. The van der Waals surface area contributed by atoms with Gasteiger partial charge in [-0.3, -0.25) is 9.59 Å². The van der Waals surface area contributed by atoms with Gasteiger partial charge in [-0.2, -0.15) is 0 Å². The number of nitrogens with one attached hydrogen (secondary N) is 2. The molecule has 2 aromatic rings. The highest BCUT2D eigenvalue weighted by Gasteiger charge is 2.07. The number of methoxy groups -OCH3 is 1. The van der Waals surface area contributed by atoms with Crippen LogP contribution in [0.3, 0.4) is 0 Å². The maximum Gasteiger partial charge on any atom is 0.251 e. The van der Waals surface area contributed by atoms with Crippen molar-refractivity contribution in [1.82, 2.24) is 5.32 Å². The van der Waals surface area contributed by atoms with Gasteiger partial charge in [0.25, 0.3) is 5.91 Å². The zero-order valence-corrected chi connectivity index (χ0v) is 15.5. The van der Waals surface area contributed by atoms with Gasteiger partial charge in [-0.15, -0.1) is 0 Å². The number of rotatable bonds is 8. The number of ether oxygens (including phenoxy) is 1. The molecule has 0 spiro atoms. The van der Waals surface area contributed by atoms with E-state index < -0.39 is 0 Å². The second kappa shape index (κ2) is 9.61. The van der Waals surface area contributed by atoms with E-state index in [9.17, 15) is 9.59 Å². The van der Waals surface area contributed by atoms with E-state index in [0.717, 1.165) is 5.69 Å². The quantitative estimate of drug-likeness (QED) is 0.705. The van der Waals surface area contributed by atoms with E-state index in [4.69, 9.17) is 4.74 Å². The molecule has 0 saturated heterocycles. The van der Waals surface area contributed by atoms with Crippen LogP contribution >= 0.6 is 0 Å². The first-order chi connectivity index (χ1) is 12.5. The number of amides is 2. The Morgan fingerprint density at radius 3 is 2.46 bits per heavy atom. The third-order valence-corrected chi connectivity index (χ3v) is 4.06. The van der Waals surface area contributed by atoms with Crippen molar-refractivity contribution in [2.45, 2.75) is 32.6 Å². The predicted octanol–water partition coefficient (Wildman–Crippen LogP) is 3.97. The zero-order valence-electron chi connectivity index (χ0n) is 15.5. The van der Waals surface area contributed by atoms with Crippen LogP contribution in [0.5, 0.6) is 5.75 Å². The Morgan fingerprint density at radius 1 is 1.08 bits per heavy atom. The molecule has 2 rings (SSSR count). The highest BCUT2D eigenvalue weighted by molar-refractivity contribution is 5.94. The van der Waals surface area contributed by atoms with Crippen molar-refractivity contribution >= 4 is 17.5 Å². The predicted molar refractivity (Wildman–Crippen MR) is 104 cm³/mol. The van der Waals surface area contributed by atoms with Crippen molar-refractivity contribution in [3.8, 4) is 5.75 Å². The molecule has 0 unspecified atom stereocenters. The highest BCUT2D eigenvalue weighted by atomic mass is 16.5. The highest BCUT2D eigenvalue weighted by Crippen LogP contribution is 2.18. The van der Waals surface area contributed by atoms with Gasteiger partial charge in [0.05, 0.1) is 7.11 Å². The summed E-state index contributed by atoms with van der Waals surface area (Å²) < 4.78 is 5.07. The molecule has 0 aromatic heterocycles. The van der Waals surface area contributed by atoms with Crippen molar-refractivity contribution in [2.75, 3.05) is 19.0 Å². The van der Waals surface area contributed by atoms with E-state index in [0.29, 0.717) is 36.6 Å². The minimum atomic E-state index is -0.155. The van der Waals surface area contributed by atoms with Gasteiger partial charge in [0.15, 0.2) is 0 Å². The number of carbonyl (C=O) groups is 2. The summed E-state index contributed by atoms with van der Waals surface area (Å²) in [5, 5.41) is 5.72. The van der Waals surface area contributed by atoms with Crippen LogP contribution in [0.1, 0.15) is 48.5 Å². The van der Waals surface area contributed by atoms with Crippen LogP contribution in [0.2, 0.25) is 0 Å². The Labute approximate surface area is 154 Å². The van der Waals surface area contributed by atoms with Crippen molar-refractivity contribution in [2.24, 2.45) is 0 Å². The van der Waals surface area contributed by atoms with Crippen molar-refractivity contribution in [1.29, 1.82) is 0 Å². The first-order valence-electron chi connectivity index (χ1n) is 8.81. The molecule has 2 aromatic carbocycles. The summed E-state index contributed by atoms with van der Waals surface area (Å²) in [4.78, 5) is 24.1. The standard InChI is InChI=1S/C21H26N2O3/c1-15(2)17-6-4-7-18(14-17)23-20(24)8-5-13-22-21(25)16-9-11-19(26-3)12-10-16/h4,6-7,9-12,14-15H,5,8,13H2,1-3H3,(H,22,25)(H,23,24). The largest absolute Gasteiger partial charge is 0.497 e. The molecule has 0 aliphatic heterocycles. The Hall–Kier alpha value is -2.82. The summed E-state index contributed by atoms with van der Waals surface area (Å²) in [6.07, 6.45) is 0.937. The van der Waals surface area contributed by atoms with E-state index >= 15 is 0 Å². The van der Waals surface area contributed by atoms with Crippen LogP contribution in [0.15, 0.2) is 48.5 Å². The van der Waals surface area contributed by atoms with Crippen molar-refractivity contribution in [3.05, 3.63) is 59.7 Å². The van der Waals surface area contributed by atoms with Gasteiger partial charge in [0.1, 0.15) is 5.75 Å². The van der Waals surface area contributed by atoms with Crippen LogP contribution in [0, 0.1) is 0 Å². The van der Waals surface area contributed by atoms with E-state index in [1.807, 2.05) is 18.2 Å². The fourth-order valence-corrected chi connectivity index (χ4v) is 2.49. The molecule has 0 saturated carbocycles. The maximum absolute atomic E-state index is 12.0. The molecule has 0 aliphatic carbocycles. The molecule has 0 heterocycles. The SMILES string of the molecule is COc1ccc(C(=O)NCCCC(=O)Nc2cccc(C(C)C)c2)cc1. The summed E-state index contributed by atoms with van der Waals surface area (Å²) in [5.41, 5.74) is 2.57. The van der Waals surface area contributed by atoms with E-state index in [-0.39, 0.29) is 11.8 Å². The molecule has 2 N–H and O–H groups in total. The minimum Gasteiger partial charge on any atom is -0.497 e. The molecule has 5 nitrogen and oxygen atoms in total. The first kappa shape index (κ1) is 19.5.